The van der Waals surface area contributed by atoms with Gasteiger partial charge < -0.3 is 28.4 Å². The lowest BCUT2D eigenvalue weighted by Gasteiger charge is -2.35. The molecule has 1 aliphatic carbocycles. The number of methoxy groups -OCH3 is 4. The molecule has 1 fully saturated rings. The van der Waals surface area contributed by atoms with Crippen LogP contribution in [0.1, 0.15) is 47.7 Å². The van der Waals surface area contributed by atoms with Crippen molar-refractivity contribution in [2.24, 2.45) is 5.92 Å². The van der Waals surface area contributed by atoms with E-state index in [2.05, 4.69) is 15.5 Å². The lowest BCUT2D eigenvalue weighted by molar-refractivity contribution is -0.137. The fraction of sp³-hybridized carbons (Fsp3) is 0.467. The number of hydrogen-bond donors (Lipinski definition) is 0. The van der Waals surface area contributed by atoms with Gasteiger partial charge in [0.15, 0.2) is 11.5 Å². The molecule has 5 rings (SSSR count). The molecule has 0 bridgehead atoms. The highest BCUT2D eigenvalue weighted by Crippen LogP contribution is 2.39. The SMILES string of the molecule is COc1cccc2c1CC(C(=O)N1CCC(c3nccn3Cc3cc(OC)c(OC)c(OC)c3)CC1)CC2. The predicted octanol–water partition coefficient (Wildman–Crippen LogP) is 4.48. The van der Waals surface area contributed by atoms with Crippen molar-refractivity contribution in [3.63, 3.8) is 0 Å². The first-order chi connectivity index (χ1) is 18.6. The number of imidazole rings is 1. The van der Waals surface area contributed by atoms with Crippen LogP contribution in [0, 0.1) is 5.92 Å². The van der Waals surface area contributed by atoms with Gasteiger partial charge in [0.1, 0.15) is 11.6 Å². The number of ether oxygens (including phenoxy) is 4. The Kier molecular flexibility index (Phi) is 7.77. The molecule has 3 aromatic rings. The molecule has 8 heteroatoms. The number of carbonyl (C=O) groups excluding carboxylic acids is 1. The van der Waals surface area contributed by atoms with Crippen molar-refractivity contribution in [1.82, 2.24) is 14.5 Å². The van der Waals surface area contributed by atoms with Crippen LogP contribution in [0.5, 0.6) is 23.0 Å². The Bertz CT molecular complexity index is 1240. The number of fused-ring (bicyclic) bond motifs is 1. The molecule has 1 unspecified atom stereocenters. The van der Waals surface area contributed by atoms with Crippen molar-refractivity contribution in [2.75, 3.05) is 41.5 Å². The third-order valence-electron chi connectivity index (χ3n) is 8.01. The maximum atomic E-state index is 13.5. The summed E-state index contributed by atoms with van der Waals surface area (Å²) in [6.07, 6.45) is 8.28. The highest BCUT2D eigenvalue weighted by atomic mass is 16.5. The van der Waals surface area contributed by atoms with Crippen LogP contribution in [0.15, 0.2) is 42.7 Å². The van der Waals surface area contributed by atoms with Crippen LogP contribution in [-0.4, -0.2) is 61.9 Å². The Morgan fingerprint density at radius 1 is 0.947 bits per heavy atom. The number of hydrogen-bond acceptors (Lipinski definition) is 6. The fourth-order valence-electron chi connectivity index (χ4n) is 6.01. The van der Waals surface area contributed by atoms with Crippen LogP contribution < -0.4 is 18.9 Å². The second-order valence-corrected chi connectivity index (χ2v) is 10.1. The summed E-state index contributed by atoms with van der Waals surface area (Å²) in [6.45, 7) is 2.17. The van der Waals surface area contributed by atoms with E-state index in [1.54, 1.807) is 28.4 Å². The molecule has 0 spiro atoms. The third-order valence-corrected chi connectivity index (χ3v) is 8.01. The number of benzene rings is 2. The van der Waals surface area contributed by atoms with Gasteiger partial charge in [-0.2, -0.15) is 0 Å². The molecule has 0 radical (unpaired) electrons. The maximum Gasteiger partial charge on any atom is 0.226 e. The number of nitrogens with zero attached hydrogens (tertiary/aromatic N) is 3. The highest BCUT2D eigenvalue weighted by molar-refractivity contribution is 5.80. The summed E-state index contributed by atoms with van der Waals surface area (Å²) in [6, 6.07) is 10.1. The summed E-state index contributed by atoms with van der Waals surface area (Å²) < 4.78 is 24.3. The van der Waals surface area contributed by atoms with Gasteiger partial charge in [-0.1, -0.05) is 12.1 Å². The number of carbonyl (C=O) groups is 1. The molecule has 0 saturated carbocycles. The zero-order valence-electron chi connectivity index (χ0n) is 22.7. The molecule has 1 aromatic heterocycles. The van der Waals surface area contributed by atoms with Gasteiger partial charge in [0.05, 0.1) is 28.4 Å². The summed E-state index contributed by atoms with van der Waals surface area (Å²) in [5, 5.41) is 0. The zero-order chi connectivity index (χ0) is 26.6. The van der Waals surface area contributed by atoms with Gasteiger partial charge >= 0.3 is 0 Å². The van der Waals surface area contributed by atoms with Crippen LogP contribution in [0.3, 0.4) is 0 Å². The largest absolute Gasteiger partial charge is 0.496 e. The molecule has 1 saturated heterocycles. The molecule has 38 heavy (non-hydrogen) atoms. The van der Waals surface area contributed by atoms with Gasteiger partial charge in [-0.05, 0) is 67.0 Å². The smallest absolute Gasteiger partial charge is 0.226 e. The minimum Gasteiger partial charge on any atom is -0.496 e. The van der Waals surface area contributed by atoms with Crippen LogP contribution in [0.25, 0.3) is 0 Å². The Labute approximate surface area is 224 Å². The van der Waals surface area contributed by atoms with Crippen LogP contribution in [0.2, 0.25) is 0 Å². The standard InChI is InChI=1S/C30H37N3O5/c1-35-25-7-5-6-21-8-9-23(18-24(21)25)30(34)32-13-10-22(11-14-32)29-31-12-15-33(29)19-20-16-26(36-2)28(38-4)27(17-20)37-3/h5-7,12,15-17,22-23H,8-11,13-14,18-19H2,1-4H3. The molecule has 0 N–H and O–H groups in total. The van der Waals surface area contributed by atoms with Gasteiger partial charge in [0.25, 0.3) is 0 Å². The van der Waals surface area contributed by atoms with Crippen molar-refractivity contribution < 1.29 is 23.7 Å². The van der Waals surface area contributed by atoms with E-state index in [1.807, 2.05) is 36.7 Å². The minimum atomic E-state index is 0.0253. The third kappa shape index (κ3) is 5.04. The van der Waals surface area contributed by atoms with Gasteiger partial charge in [-0.3, -0.25) is 4.79 Å². The lowest BCUT2D eigenvalue weighted by Crippen LogP contribution is -2.43. The molecule has 202 valence electrons. The molecule has 2 aliphatic rings. The van der Waals surface area contributed by atoms with E-state index in [0.29, 0.717) is 29.7 Å². The summed E-state index contributed by atoms with van der Waals surface area (Å²) in [5.41, 5.74) is 3.55. The van der Waals surface area contributed by atoms with Gasteiger partial charge in [-0.25, -0.2) is 4.98 Å². The fourth-order valence-corrected chi connectivity index (χ4v) is 6.01. The topological polar surface area (TPSA) is 75.1 Å². The van der Waals surface area contributed by atoms with Crippen molar-refractivity contribution in [3.8, 4) is 23.0 Å². The summed E-state index contributed by atoms with van der Waals surface area (Å²) in [4.78, 5) is 20.2. The minimum absolute atomic E-state index is 0.0253. The molecule has 2 heterocycles. The van der Waals surface area contributed by atoms with Crippen molar-refractivity contribution in [2.45, 2.75) is 44.6 Å². The normalized spacial score (nSPS) is 17.6. The van der Waals surface area contributed by atoms with Gasteiger partial charge in [-0.15, -0.1) is 0 Å². The predicted molar refractivity (Wildman–Crippen MR) is 144 cm³/mol. The van der Waals surface area contributed by atoms with Crippen LogP contribution >= 0.6 is 0 Å². The van der Waals surface area contributed by atoms with Crippen molar-refractivity contribution in [1.29, 1.82) is 0 Å². The van der Waals surface area contributed by atoms with E-state index in [1.165, 1.54) is 11.1 Å². The molecule has 1 atom stereocenters. The quantitative estimate of drug-likeness (QED) is 0.437. The Morgan fingerprint density at radius 2 is 1.66 bits per heavy atom. The van der Waals surface area contributed by atoms with Gasteiger partial charge in [0, 0.05) is 43.9 Å². The maximum absolute atomic E-state index is 13.5. The monoisotopic (exact) mass is 519 g/mol. The second kappa shape index (κ2) is 11.4. The first kappa shape index (κ1) is 25.9. The van der Waals surface area contributed by atoms with Crippen LogP contribution in [0.4, 0.5) is 0 Å². The van der Waals surface area contributed by atoms with E-state index in [9.17, 15) is 4.79 Å². The van der Waals surface area contributed by atoms with Gasteiger partial charge in [0.2, 0.25) is 11.7 Å². The summed E-state index contributed by atoms with van der Waals surface area (Å²) in [5.74, 6) is 4.43. The molecular weight excluding hydrogens is 482 g/mol. The number of aryl methyl sites for hydroxylation is 1. The Morgan fingerprint density at radius 3 is 2.32 bits per heavy atom. The lowest BCUT2D eigenvalue weighted by atomic mass is 9.82. The number of amides is 1. The highest BCUT2D eigenvalue weighted by Gasteiger charge is 2.33. The van der Waals surface area contributed by atoms with Crippen molar-refractivity contribution >= 4 is 5.91 Å². The molecular formula is C30H37N3O5. The molecule has 2 aromatic carbocycles. The van der Waals surface area contributed by atoms with E-state index in [0.717, 1.165) is 62.3 Å². The van der Waals surface area contributed by atoms with E-state index in [-0.39, 0.29) is 11.8 Å². The first-order valence-corrected chi connectivity index (χ1v) is 13.3. The zero-order valence-corrected chi connectivity index (χ0v) is 22.7. The summed E-state index contributed by atoms with van der Waals surface area (Å²) >= 11 is 0. The van der Waals surface area contributed by atoms with E-state index < -0.39 is 0 Å². The number of piperidine rings is 1. The van der Waals surface area contributed by atoms with Crippen molar-refractivity contribution in [3.05, 3.63) is 65.2 Å². The average molecular weight is 520 g/mol. The Balaban J connectivity index is 1.24. The van der Waals surface area contributed by atoms with E-state index in [4.69, 9.17) is 23.9 Å². The number of aromatic nitrogens is 2. The second-order valence-electron chi connectivity index (χ2n) is 10.1. The Hall–Kier alpha value is -3.68. The average Bonchev–Trinajstić information content (AvgIpc) is 3.43. The number of likely N-dealkylation sites (tertiary alicyclic amines) is 1. The molecule has 8 nitrogen and oxygen atoms in total. The van der Waals surface area contributed by atoms with Crippen LogP contribution in [-0.2, 0) is 24.2 Å². The molecule has 1 amide bonds. The summed E-state index contributed by atoms with van der Waals surface area (Å²) in [7, 11) is 6.56. The van der Waals surface area contributed by atoms with E-state index >= 15 is 0 Å². The first-order valence-electron chi connectivity index (χ1n) is 13.3. The number of rotatable bonds is 8. The molecule has 1 aliphatic heterocycles.